The molecule has 0 saturated carbocycles. The number of carbonyl (C=O) groups excluding carboxylic acids is 1. The molecular formula is C35H26F4IrNO2-. The molecule has 221 valence electrons. The molecule has 5 aromatic rings. The van der Waals surface area contributed by atoms with E-state index in [9.17, 15) is 22.4 Å². The largest absolute Gasteiger partial charge is 0.509 e. The minimum Gasteiger partial charge on any atom is -0.509 e. The number of alkyl halides is 3. The molecule has 7 rings (SSSR count). The van der Waals surface area contributed by atoms with E-state index in [0.717, 1.165) is 73.0 Å². The Morgan fingerprint density at radius 2 is 1.51 bits per heavy atom. The van der Waals surface area contributed by atoms with E-state index in [1.807, 2.05) is 18.2 Å². The van der Waals surface area contributed by atoms with Gasteiger partial charge >= 0.3 is 6.18 Å². The fraction of sp³-hybridized carbons (Fsp3) is 0.200. The molecule has 2 aliphatic carbocycles. The van der Waals surface area contributed by atoms with Crippen molar-refractivity contribution in [3.05, 3.63) is 112 Å². The molecule has 1 aromatic heterocycles. The van der Waals surface area contributed by atoms with Crippen LogP contribution in [0.15, 0.2) is 78.4 Å². The van der Waals surface area contributed by atoms with Crippen LogP contribution < -0.4 is 0 Å². The fourth-order valence-corrected chi connectivity index (χ4v) is 6.08. The van der Waals surface area contributed by atoms with Gasteiger partial charge in [0, 0.05) is 33.2 Å². The predicted molar refractivity (Wildman–Crippen MR) is 156 cm³/mol. The first-order valence-corrected chi connectivity index (χ1v) is 13.7. The number of benzene rings is 4. The van der Waals surface area contributed by atoms with E-state index in [4.69, 9.17) is 5.11 Å². The maximum atomic E-state index is 13.4. The van der Waals surface area contributed by atoms with Gasteiger partial charge in [-0.3, -0.25) is 4.79 Å². The Morgan fingerprint density at radius 1 is 0.837 bits per heavy atom. The molecule has 4 aromatic carbocycles. The second-order valence-electron chi connectivity index (χ2n) is 10.7. The molecule has 1 heterocycles. The van der Waals surface area contributed by atoms with Crippen molar-refractivity contribution >= 4 is 27.3 Å². The standard InChI is InChI=1S/C30H19F3N.C5H7FO2.Ir/c31-30(32,33)23-10-8-17-9-11-25-24(26(17)16-23)12-13-34-29(25)22-14-20-6-4-18-2-1-3-19-5-7-21(15-22)28(20)27(18)19;1-3(7)5(6)4(2)8;/h1-3,8-14,16H,4-7H2;7H,1-2H3;/q-1;;/b;5-3+;. The zero-order valence-corrected chi connectivity index (χ0v) is 25.7. The third-order valence-electron chi connectivity index (χ3n) is 7.99. The van der Waals surface area contributed by atoms with Gasteiger partial charge in [-0.15, -0.1) is 28.8 Å². The number of nitrogens with zero attached hydrogens (tertiary/aromatic N) is 1. The van der Waals surface area contributed by atoms with Crippen LogP contribution in [0.2, 0.25) is 0 Å². The van der Waals surface area contributed by atoms with Crippen LogP contribution >= 0.6 is 0 Å². The third kappa shape index (κ3) is 5.62. The first-order chi connectivity index (χ1) is 20.0. The molecule has 0 atom stereocenters. The number of aliphatic hydroxyl groups excluding tert-OH is 1. The van der Waals surface area contributed by atoms with Crippen LogP contribution in [-0.4, -0.2) is 15.9 Å². The van der Waals surface area contributed by atoms with Crippen molar-refractivity contribution in [1.29, 1.82) is 0 Å². The number of hydrogen-bond acceptors (Lipinski definition) is 3. The number of halogens is 4. The van der Waals surface area contributed by atoms with Gasteiger partial charge in [-0.05, 0) is 89.2 Å². The summed E-state index contributed by atoms with van der Waals surface area (Å²) < 4.78 is 52.1. The van der Waals surface area contributed by atoms with E-state index < -0.39 is 29.1 Å². The van der Waals surface area contributed by atoms with E-state index >= 15 is 0 Å². The summed E-state index contributed by atoms with van der Waals surface area (Å²) in [6, 6.07) is 22.1. The van der Waals surface area contributed by atoms with Crippen molar-refractivity contribution in [2.75, 3.05) is 0 Å². The first-order valence-electron chi connectivity index (χ1n) is 13.7. The van der Waals surface area contributed by atoms with Gasteiger partial charge < -0.3 is 10.1 Å². The monoisotopic (exact) mass is 761 g/mol. The summed E-state index contributed by atoms with van der Waals surface area (Å²) >= 11 is 0. The maximum Gasteiger partial charge on any atom is 0.416 e. The number of aliphatic hydroxyl groups is 1. The SMILES string of the molecule is CC(=O)/C(F)=C(/C)O.FC(F)(F)c1ccc2ccc3c(-c4[c-]c5c6c(c4)CCc4cccc(c4-6)CC5)nccc3c2c1.[Ir]. The summed E-state index contributed by atoms with van der Waals surface area (Å²) in [4.78, 5) is 14.7. The maximum absolute atomic E-state index is 13.4. The summed E-state index contributed by atoms with van der Waals surface area (Å²) in [6.07, 6.45) is 1.26. The number of aryl methyl sites for hydroxylation is 4. The van der Waals surface area contributed by atoms with Gasteiger partial charge in [0.2, 0.25) is 5.83 Å². The number of aromatic nitrogens is 1. The second-order valence-corrected chi connectivity index (χ2v) is 10.7. The van der Waals surface area contributed by atoms with Crippen molar-refractivity contribution in [2.24, 2.45) is 0 Å². The van der Waals surface area contributed by atoms with Crippen LogP contribution in [0.3, 0.4) is 0 Å². The topological polar surface area (TPSA) is 50.2 Å². The molecule has 0 spiro atoms. The third-order valence-corrected chi connectivity index (χ3v) is 7.99. The number of carbonyl (C=O) groups is 1. The van der Waals surface area contributed by atoms with Crippen molar-refractivity contribution in [1.82, 2.24) is 4.98 Å². The van der Waals surface area contributed by atoms with Crippen molar-refractivity contribution < 1.29 is 47.6 Å². The molecule has 43 heavy (non-hydrogen) atoms. The molecule has 2 aliphatic rings. The van der Waals surface area contributed by atoms with Gasteiger partial charge in [0.05, 0.1) is 5.56 Å². The van der Waals surface area contributed by atoms with Gasteiger partial charge in [0.1, 0.15) is 5.76 Å². The van der Waals surface area contributed by atoms with E-state index in [1.165, 1.54) is 39.4 Å². The van der Waals surface area contributed by atoms with Crippen LogP contribution in [0.4, 0.5) is 17.6 Å². The zero-order valence-electron chi connectivity index (χ0n) is 23.3. The summed E-state index contributed by atoms with van der Waals surface area (Å²) in [5.41, 5.74) is 9.19. The quantitative estimate of drug-likeness (QED) is 0.0643. The van der Waals surface area contributed by atoms with Gasteiger partial charge in [-0.1, -0.05) is 47.5 Å². The predicted octanol–water partition coefficient (Wildman–Crippen LogP) is 9.07. The summed E-state index contributed by atoms with van der Waals surface area (Å²) in [5, 5.41) is 11.3. The Balaban J connectivity index is 0.000000364. The van der Waals surface area contributed by atoms with E-state index in [-0.39, 0.29) is 20.1 Å². The Labute approximate surface area is 259 Å². The molecular weight excluding hydrogens is 735 g/mol. The summed E-state index contributed by atoms with van der Waals surface area (Å²) in [6.45, 7) is 2.17. The van der Waals surface area contributed by atoms with Gasteiger partial charge in [-0.2, -0.15) is 17.6 Å². The summed E-state index contributed by atoms with van der Waals surface area (Å²) in [5.74, 6) is -2.37. The Morgan fingerprint density at radius 3 is 2.16 bits per heavy atom. The smallest absolute Gasteiger partial charge is 0.416 e. The summed E-state index contributed by atoms with van der Waals surface area (Å²) in [7, 11) is 0. The van der Waals surface area contributed by atoms with Crippen LogP contribution in [0.25, 0.3) is 43.9 Å². The van der Waals surface area contributed by atoms with E-state index in [0.29, 0.717) is 5.39 Å². The molecule has 1 radical (unpaired) electrons. The first kappa shape index (κ1) is 30.6. The molecule has 0 bridgehead atoms. The van der Waals surface area contributed by atoms with Gasteiger partial charge in [0.15, 0.2) is 5.78 Å². The minimum atomic E-state index is -4.38. The molecule has 0 amide bonds. The number of fused-ring (bicyclic) bond motifs is 3. The number of hydrogen-bond donors (Lipinski definition) is 1. The minimum absolute atomic E-state index is 0. The average molecular weight is 761 g/mol. The zero-order chi connectivity index (χ0) is 29.8. The molecule has 3 nitrogen and oxygen atoms in total. The number of pyridine rings is 1. The molecule has 0 saturated heterocycles. The van der Waals surface area contributed by atoms with Crippen molar-refractivity contribution in [2.45, 2.75) is 45.7 Å². The Hall–Kier alpha value is -3.87. The van der Waals surface area contributed by atoms with Crippen molar-refractivity contribution in [3.63, 3.8) is 0 Å². The van der Waals surface area contributed by atoms with Crippen LogP contribution in [0.1, 0.15) is 41.7 Å². The molecule has 8 heteroatoms. The molecule has 0 fully saturated rings. The van der Waals surface area contributed by atoms with Crippen LogP contribution in [0, 0.1) is 6.07 Å². The number of Topliss-reactive ketones (excluding diaryl/α,β-unsaturated/α-hetero) is 1. The molecule has 0 aliphatic heterocycles. The Kier molecular flexibility index (Phi) is 8.30. The van der Waals surface area contributed by atoms with Crippen LogP contribution in [0.5, 0.6) is 0 Å². The average Bonchev–Trinajstić information content (AvgIpc) is 2.98. The van der Waals surface area contributed by atoms with Gasteiger partial charge in [-0.25, -0.2) is 0 Å². The normalized spacial score (nSPS) is 13.8. The molecule has 1 N–H and O–H groups in total. The van der Waals surface area contributed by atoms with Crippen molar-refractivity contribution in [3.8, 4) is 22.4 Å². The van der Waals surface area contributed by atoms with E-state index in [2.05, 4.69) is 35.3 Å². The number of rotatable bonds is 2. The Bertz CT molecular complexity index is 1890. The fourth-order valence-electron chi connectivity index (χ4n) is 6.08. The van der Waals surface area contributed by atoms with Crippen LogP contribution in [-0.2, 0) is 56.8 Å². The molecule has 0 unspecified atom stereocenters. The number of allylic oxidation sites excluding steroid dienone is 2. The number of ketones is 1. The van der Waals surface area contributed by atoms with E-state index in [1.54, 1.807) is 12.3 Å². The van der Waals surface area contributed by atoms with Gasteiger partial charge in [0.25, 0.3) is 0 Å². The second kappa shape index (κ2) is 11.7.